The van der Waals surface area contributed by atoms with Crippen LogP contribution >= 0.6 is 12.4 Å². The predicted molar refractivity (Wildman–Crippen MR) is 102 cm³/mol. The van der Waals surface area contributed by atoms with Crippen molar-refractivity contribution >= 4 is 24.2 Å². The Labute approximate surface area is 150 Å². The molecular formula is C20H23ClN2O. The van der Waals surface area contributed by atoms with Gasteiger partial charge in [-0.3, -0.25) is 0 Å². The molecule has 2 N–H and O–H groups in total. The van der Waals surface area contributed by atoms with Gasteiger partial charge in [-0.1, -0.05) is 30.7 Å². The third-order valence-electron chi connectivity index (χ3n) is 3.66. The average Bonchev–Trinajstić information content (AvgIpc) is 2.59. The molecule has 0 unspecified atom stereocenters. The minimum atomic E-state index is 0. The SMILES string of the molecule is CC/C(=C\c1ccc(C#N)cc1)CCCOc1ccc(N)cc1.Cl. The molecule has 0 saturated carbocycles. The van der Waals surface area contributed by atoms with Crippen molar-refractivity contribution in [2.24, 2.45) is 0 Å². The van der Waals surface area contributed by atoms with E-state index >= 15 is 0 Å². The van der Waals surface area contributed by atoms with Gasteiger partial charge in [-0.15, -0.1) is 12.4 Å². The third-order valence-corrected chi connectivity index (χ3v) is 3.66. The molecule has 0 aromatic heterocycles. The summed E-state index contributed by atoms with van der Waals surface area (Å²) in [5.41, 5.74) is 9.61. The lowest BCUT2D eigenvalue weighted by molar-refractivity contribution is 0.310. The number of anilines is 1. The second-order valence-electron chi connectivity index (χ2n) is 5.41. The molecule has 0 aliphatic carbocycles. The molecule has 0 aliphatic heterocycles. The molecule has 3 nitrogen and oxygen atoms in total. The number of hydrogen-bond donors (Lipinski definition) is 1. The van der Waals surface area contributed by atoms with Crippen LogP contribution in [-0.2, 0) is 0 Å². The van der Waals surface area contributed by atoms with Crippen molar-refractivity contribution in [1.29, 1.82) is 5.26 Å². The van der Waals surface area contributed by atoms with Crippen LogP contribution in [-0.4, -0.2) is 6.61 Å². The van der Waals surface area contributed by atoms with Gasteiger partial charge in [0.25, 0.3) is 0 Å². The lowest BCUT2D eigenvalue weighted by atomic mass is 10.0. The fourth-order valence-electron chi connectivity index (χ4n) is 2.29. The first-order chi connectivity index (χ1) is 11.2. The maximum absolute atomic E-state index is 8.82. The summed E-state index contributed by atoms with van der Waals surface area (Å²) in [6.07, 6.45) is 5.19. The number of halogens is 1. The smallest absolute Gasteiger partial charge is 0.119 e. The molecule has 2 aromatic carbocycles. The van der Waals surface area contributed by atoms with E-state index in [4.69, 9.17) is 15.7 Å². The topological polar surface area (TPSA) is 59.0 Å². The normalized spacial score (nSPS) is 10.6. The number of nitrogen functional groups attached to an aromatic ring is 1. The summed E-state index contributed by atoms with van der Waals surface area (Å²) in [5, 5.41) is 8.82. The Bertz CT molecular complexity index is 685. The second kappa shape index (κ2) is 10.4. The first-order valence-corrected chi connectivity index (χ1v) is 7.89. The molecule has 0 aliphatic rings. The van der Waals surface area contributed by atoms with E-state index in [0.717, 1.165) is 36.3 Å². The number of nitrogens with zero attached hydrogens (tertiary/aromatic N) is 1. The van der Waals surface area contributed by atoms with E-state index in [1.54, 1.807) is 0 Å². The van der Waals surface area contributed by atoms with E-state index in [0.29, 0.717) is 12.2 Å². The summed E-state index contributed by atoms with van der Waals surface area (Å²) in [4.78, 5) is 0. The number of benzene rings is 2. The number of hydrogen-bond acceptors (Lipinski definition) is 3. The molecule has 24 heavy (non-hydrogen) atoms. The van der Waals surface area contributed by atoms with E-state index in [9.17, 15) is 0 Å². The lowest BCUT2D eigenvalue weighted by Gasteiger charge is -2.08. The van der Waals surface area contributed by atoms with Crippen LogP contribution < -0.4 is 10.5 Å². The maximum atomic E-state index is 8.82. The quantitative estimate of drug-likeness (QED) is 0.554. The summed E-state index contributed by atoms with van der Waals surface area (Å²) in [6.45, 7) is 2.85. The highest BCUT2D eigenvalue weighted by molar-refractivity contribution is 5.85. The zero-order valence-electron chi connectivity index (χ0n) is 13.9. The Morgan fingerprint density at radius 2 is 1.79 bits per heavy atom. The van der Waals surface area contributed by atoms with Crippen LogP contribution in [0.15, 0.2) is 54.1 Å². The van der Waals surface area contributed by atoms with Crippen molar-refractivity contribution in [3.05, 3.63) is 65.2 Å². The van der Waals surface area contributed by atoms with Crippen molar-refractivity contribution in [2.75, 3.05) is 12.3 Å². The average molecular weight is 343 g/mol. The van der Waals surface area contributed by atoms with E-state index in [1.165, 1.54) is 5.57 Å². The highest BCUT2D eigenvalue weighted by Gasteiger charge is 1.99. The summed E-state index contributed by atoms with van der Waals surface area (Å²) < 4.78 is 5.72. The zero-order valence-corrected chi connectivity index (χ0v) is 14.7. The number of ether oxygens (including phenoxy) is 1. The van der Waals surface area contributed by atoms with Crippen LogP contribution in [0.2, 0.25) is 0 Å². The number of nitriles is 1. The minimum absolute atomic E-state index is 0. The zero-order chi connectivity index (χ0) is 16.5. The van der Waals surface area contributed by atoms with Crippen molar-refractivity contribution < 1.29 is 4.74 Å². The number of rotatable bonds is 7. The summed E-state index contributed by atoms with van der Waals surface area (Å²) in [6, 6.07) is 17.3. The summed E-state index contributed by atoms with van der Waals surface area (Å²) >= 11 is 0. The Morgan fingerprint density at radius 1 is 1.12 bits per heavy atom. The van der Waals surface area contributed by atoms with E-state index in [2.05, 4.69) is 19.1 Å². The van der Waals surface area contributed by atoms with Gasteiger partial charge in [0.1, 0.15) is 5.75 Å². The van der Waals surface area contributed by atoms with Gasteiger partial charge in [0.2, 0.25) is 0 Å². The van der Waals surface area contributed by atoms with Gasteiger partial charge in [-0.25, -0.2) is 0 Å². The molecule has 0 fully saturated rings. The van der Waals surface area contributed by atoms with Gasteiger partial charge < -0.3 is 10.5 Å². The molecule has 4 heteroatoms. The van der Waals surface area contributed by atoms with Crippen LogP contribution in [0.25, 0.3) is 6.08 Å². The molecule has 2 aromatic rings. The van der Waals surface area contributed by atoms with E-state index < -0.39 is 0 Å². The molecule has 2 rings (SSSR count). The number of nitrogens with two attached hydrogens (primary N) is 1. The van der Waals surface area contributed by atoms with E-state index in [-0.39, 0.29) is 12.4 Å². The van der Waals surface area contributed by atoms with Gasteiger partial charge in [0, 0.05) is 5.69 Å². The Hall–Kier alpha value is -2.44. The molecule has 0 saturated heterocycles. The van der Waals surface area contributed by atoms with Gasteiger partial charge >= 0.3 is 0 Å². The predicted octanol–water partition coefficient (Wildman–Crippen LogP) is 5.21. The van der Waals surface area contributed by atoms with Crippen molar-refractivity contribution in [2.45, 2.75) is 26.2 Å². The standard InChI is InChI=1S/C20H22N2O.ClH/c1-2-16(14-17-5-7-18(15-21)8-6-17)4-3-13-23-20-11-9-19(22)10-12-20;/h5-12,14H,2-4,13,22H2,1H3;1H/b16-14+;. The summed E-state index contributed by atoms with van der Waals surface area (Å²) in [7, 11) is 0. The fourth-order valence-corrected chi connectivity index (χ4v) is 2.29. The van der Waals surface area contributed by atoms with E-state index in [1.807, 2.05) is 48.5 Å². The summed E-state index contributed by atoms with van der Waals surface area (Å²) in [5.74, 6) is 0.855. The Balaban J connectivity index is 0.00000288. The van der Waals surface area contributed by atoms with Crippen LogP contribution in [0.1, 0.15) is 37.3 Å². The van der Waals surface area contributed by atoms with Gasteiger partial charge in [-0.2, -0.15) is 5.26 Å². The van der Waals surface area contributed by atoms with Crippen molar-refractivity contribution in [3.8, 4) is 11.8 Å². The first kappa shape index (κ1) is 19.6. The lowest BCUT2D eigenvalue weighted by Crippen LogP contribution is -1.98. The highest BCUT2D eigenvalue weighted by atomic mass is 35.5. The molecule has 0 atom stereocenters. The molecule has 0 bridgehead atoms. The van der Waals surface area contributed by atoms with Gasteiger partial charge in [-0.05, 0) is 61.2 Å². The van der Waals surface area contributed by atoms with Crippen LogP contribution in [0.4, 0.5) is 5.69 Å². The molecule has 0 radical (unpaired) electrons. The molecule has 0 amide bonds. The maximum Gasteiger partial charge on any atom is 0.119 e. The van der Waals surface area contributed by atoms with Crippen molar-refractivity contribution in [1.82, 2.24) is 0 Å². The largest absolute Gasteiger partial charge is 0.494 e. The fraction of sp³-hybridized carbons (Fsp3) is 0.250. The van der Waals surface area contributed by atoms with Crippen LogP contribution in [0.3, 0.4) is 0 Å². The second-order valence-corrected chi connectivity index (χ2v) is 5.41. The van der Waals surface area contributed by atoms with Crippen LogP contribution in [0, 0.1) is 11.3 Å². The Kier molecular flexibility index (Phi) is 8.46. The molecule has 0 heterocycles. The first-order valence-electron chi connectivity index (χ1n) is 7.89. The minimum Gasteiger partial charge on any atom is -0.494 e. The van der Waals surface area contributed by atoms with Crippen LogP contribution in [0.5, 0.6) is 5.75 Å². The highest BCUT2D eigenvalue weighted by Crippen LogP contribution is 2.17. The molecule has 126 valence electrons. The van der Waals surface area contributed by atoms with Gasteiger partial charge in [0.05, 0.1) is 18.2 Å². The molecule has 0 spiro atoms. The Morgan fingerprint density at radius 3 is 2.38 bits per heavy atom. The van der Waals surface area contributed by atoms with Crippen molar-refractivity contribution in [3.63, 3.8) is 0 Å². The van der Waals surface area contributed by atoms with Gasteiger partial charge in [0.15, 0.2) is 0 Å². The monoisotopic (exact) mass is 342 g/mol. The third kappa shape index (κ3) is 6.36. The number of allylic oxidation sites excluding steroid dienone is 1. The molecular weight excluding hydrogens is 320 g/mol.